The monoisotopic (exact) mass is 289 g/mol. The highest BCUT2D eigenvalue weighted by Crippen LogP contribution is 2.07. The molecule has 1 rings (SSSR count). The van der Waals surface area contributed by atoms with Crippen LogP contribution in [0.3, 0.4) is 0 Å². The molecule has 0 aliphatic heterocycles. The summed E-state index contributed by atoms with van der Waals surface area (Å²) in [5.41, 5.74) is 1.48. The molecule has 0 heterocycles. The van der Waals surface area contributed by atoms with E-state index in [2.05, 4.69) is 49.1 Å². The van der Waals surface area contributed by atoms with Gasteiger partial charge < -0.3 is 4.90 Å². The quantitative estimate of drug-likeness (QED) is 0.421. The van der Waals surface area contributed by atoms with E-state index in [4.69, 9.17) is 0 Å². The standard InChI is InChI=1S/C20H35N/c1-3-5-7-12-17-21(18-13-8-6-4-2)19-16-20-14-10-9-11-15-20/h9-11,14-15H,3-8,12-13,16-19H2,1-2H3. The summed E-state index contributed by atoms with van der Waals surface area (Å²) in [4.78, 5) is 2.69. The van der Waals surface area contributed by atoms with Crippen LogP contribution in [0.2, 0.25) is 0 Å². The summed E-state index contributed by atoms with van der Waals surface area (Å²) < 4.78 is 0. The van der Waals surface area contributed by atoms with Gasteiger partial charge in [-0.2, -0.15) is 0 Å². The molecule has 0 aliphatic rings. The highest BCUT2D eigenvalue weighted by Gasteiger charge is 2.05. The van der Waals surface area contributed by atoms with Crippen molar-refractivity contribution >= 4 is 0 Å². The summed E-state index contributed by atoms with van der Waals surface area (Å²) in [6, 6.07) is 10.9. The molecule has 1 aromatic rings. The Labute approximate surface area is 132 Å². The van der Waals surface area contributed by atoms with Crippen LogP contribution < -0.4 is 0 Å². The number of hydrogen-bond donors (Lipinski definition) is 0. The molecule has 21 heavy (non-hydrogen) atoms. The summed E-state index contributed by atoms with van der Waals surface area (Å²) in [6.07, 6.45) is 12.2. The van der Waals surface area contributed by atoms with Crippen LogP contribution in [-0.2, 0) is 6.42 Å². The lowest BCUT2D eigenvalue weighted by Gasteiger charge is -2.22. The molecule has 120 valence electrons. The minimum atomic E-state index is 1.20. The van der Waals surface area contributed by atoms with Crippen LogP contribution in [-0.4, -0.2) is 24.5 Å². The molecule has 0 N–H and O–H groups in total. The smallest absolute Gasteiger partial charge is 0.00218 e. The molecule has 0 aromatic heterocycles. The molecule has 0 saturated heterocycles. The second kappa shape index (κ2) is 12.9. The van der Waals surface area contributed by atoms with Crippen molar-refractivity contribution in [1.82, 2.24) is 4.90 Å². The van der Waals surface area contributed by atoms with Crippen LogP contribution in [0.1, 0.15) is 70.8 Å². The molecule has 0 amide bonds. The maximum atomic E-state index is 2.69. The van der Waals surface area contributed by atoms with Gasteiger partial charge in [-0.1, -0.05) is 82.7 Å². The molecule has 0 unspecified atom stereocenters. The Morgan fingerprint density at radius 2 is 1.24 bits per heavy atom. The molecule has 0 spiro atoms. The third kappa shape index (κ3) is 9.68. The lowest BCUT2D eigenvalue weighted by Crippen LogP contribution is -2.28. The minimum absolute atomic E-state index is 1.20. The summed E-state index contributed by atoms with van der Waals surface area (Å²) in [5.74, 6) is 0. The zero-order valence-corrected chi connectivity index (χ0v) is 14.3. The van der Waals surface area contributed by atoms with Crippen molar-refractivity contribution in [2.75, 3.05) is 19.6 Å². The van der Waals surface area contributed by atoms with Crippen LogP contribution in [0.25, 0.3) is 0 Å². The SMILES string of the molecule is CCCCCCN(CCCCCC)CCc1ccccc1. The summed E-state index contributed by atoms with van der Waals surface area (Å²) in [7, 11) is 0. The Kier molecular flexibility index (Phi) is 11.2. The van der Waals surface area contributed by atoms with Gasteiger partial charge in [0.05, 0.1) is 0 Å². The van der Waals surface area contributed by atoms with E-state index < -0.39 is 0 Å². The first-order chi connectivity index (χ1) is 10.4. The Morgan fingerprint density at radius 1 is 0.667 bits per heavy atom. The molecule has 0 saturated carbocycles. The van der Waals surface area contributed by atoms with Gasteiger partial charge in [0.15, 0.2) is 0 Å². The van der Waals surface area contributed by atoms with Gasteiger partial charge in [-0.25, -0.2) is 0 Å². The molecular formula is C20H35N. The first kappa shape index (κ1) is 18.2. The average molecular weight is 290 g/mol. The predicted molar refractivity (Wildman–Crippen MR) is 94.9 cm³/mol. The molecule has 1 aromatic carbocycles. The highest BCUT2D eigenvalue weighted by atomic mass is 15.1. The first-order valence-corrected chi connectivity index (χ1v) is 9.13. The van der Waals surface area contributed by atoms with E-state index in [9.17, 15) is 0 Å². The van der Waals surface area contributed by atoms with Crippen molar-refractivity contribution in [3.63, 3.8) is 0 Å². The van der Waals surface area contributed by atoms with E-state index in [1.807, 2.05) is 0 Å². The van der Waals surface area contributed by atoms with Crippen molar-refractivity contribution in [3.8, 4) is 0 Å². The molecule has 1 heteroatoms. The number of unbranched alkanes of at least 4 members (excludes halogenated alkanes) is 6. The lowest BCUT2D eigenvalue weighted by molar-refractivity contribution is 0.264. The Morgan fingerprint density at radius 3 is 1.76 bits per heavy atom. The zero-order valence-electron chi connectivity index (χ0n) is 14.3. The van der Waals surface area contributed by atoms with E-state index >= 15 is 0 Å². The van der Waals surface area contributed by atoms with Crippen molar-refractivity contribution in [2.24, 2.45) is 0 Å². The summed E-state index contributed by atoms with van der Waals surface area (Å²) >= 11 is 0. The van der Waals surface area contributed by atoms with Gasteiger partial charge in [0.2, 0.25) is 0 Å². The van der Waals surface area contributed by atoms with Crippen LogP contribution in [0.4, 0.5) is 0 Å². The topological polar surface area (TPSA) is 3.24 Å². The number of rotatable bonds is 13. The maximum absolute atomic E-state index is 2.69. The lowest BCUT2D eigenvalue weighted by atomic mass is 10.1. The van der Waals surface area contributed by atoms with Crippen LogP contribution in [0.5, 0.6) is 0 Å². The molecule has 0 aliphatic carbocycles. The van der Waals surface area contributed by atoms with Gasteiger partial charge >= 0.3 is 0 Å². The van der Waals surface area contributed by atoms with Gasteiger partial charge in [0, 0.05) is 6.54 Å². The number of benzene rings is 1. The molecule has 0 atom stereocenters. The van der Waals surface area contributed by atoms with E-state index in [0.717, 1.165) is 0 Å². The van der Waals surface area contributed by atoms with Gasteiger partial charge in [0.25, 0.3) is 0 Å². The fraction of sp³-hybridized carbons (Fsp3) is 0.700. The predicted octanol–water partition coefficient (Wildman–Crippen LogP) is 5.69. The second-order valence-corrected chi connectivity index (χ2v) is 6.20. The Bertz CT molecular complexity index is 308. The summed E-state index contributed by atoms with van der Waals surface area (Å²) in [5, 5.41) is 0. The average Bonchev–Trinajstić information content (AvgIpc) is 2.53. The largest absolute Gasteiger partial charge is 0.303 e. The van der Waals surface area contributed by atoms with E-state index in [0.29, 0.717) is 0 Å². The number of hydrogen-bond acceptors (Lipinski definition) is 1. The fourth-order valence-electron chi connectivity index (χ4n) is 2.79. The van der Waals surface area contributed by atoms with Gasteiger partial charge in [-0.3, -0.25) is 0 Å². The van der Waals surface area contributed by atoms with Crippen molar-refractivity contribution in [2.45, 2.75) is 71.6 Å². The number of nitrogens with zero attached hydrogens (tertiary/aromatic N) is 1. The molecule has 0 bridgehead atoms. The molecule has 0 fully saturated rings. The first-order valence-electron chi connectivity index (χ1n) is 9.13. The Balaban J connectivity index is 2.28. The van der Waals surface area contributed by atoms with E-state index in [1.54, 1.807) is 0 Å². The van der Waals surface area contributed by atoms with Crippen LogP contribution >= 0.6 is 0 Å². The van der Waals surface area contributed by atoms with Gasteiger partial charge in [-0.15, -0.1) is 0 Å². The second-order valence-electron chi connectivity index (χ2n) is 6.20. The molecule has 0 radical (unpaired) electrons. The minimum Gasteiger partial charge on any atom is -0.303 e. The molecular weight excluding hydrogens is 254 g/mol. The summed E-state index contributed by atoms with van der Waals surface area (Å²) in [6.45, 7) is 8.38. The third-order valence-corrected chi connectivity index (χ3v) is 4.22. The normalized spacial score (nSPS) is 11.2. The highest BCUT2D eigenvalue weighted by molar-refractivity contribution is 5.14. The van der Waals surface area contributed by atoms with Crippen molar-refractivity contribution < 1.29 is 0 Å². The van der Waals surface area contributed by atoms with Crippen LogP contribution in [0, 0.1) is 0 Å². The maximum Gasteiger partial charge on any atom is 0.00218 e. The zero-order chi connectivity index (χ0) is 15.2. The molecule has 1 nitrogen and oxygen atoms in total. The van der Waals surface area contributed by atoms with Gasteiger partial charge in [-0.05, 0) is 37.9 Å². The van der Waals surface area contributed by atoms with Gasteiger partial charge in [0.1, 0.15) is 0 Å². The van der Waals surface area contributed by atoms with Crippen LogP contribution in [0.15, 0.2) is 30.3 Å². The fourth-order valence-corrected chi connectivity index (χ4v) is 2.79. The van der Waals surface area contributed by atoms with Crippen molar-refractivity contribution in [3.05, 3.63) is 35.9 Å². The van der Waals surface area contributed by atoms with E-state index in [-0.39, 0.29) is 0 Å². The third-order valence-electron chi connectivity index (χ3n) is 4.22. The van der Waals surface area contributed by atoms with Crippen molar-refractivity contribution in [1.29, 1.82) is 0 Å². The van der Waals surface area contributed by atoms with E-state index in [1.165, 1.54) is 83.0 Å². The Hall–Kier alpha value is -0.820.